The number of carbonyl (C=O) groups excluding carboxylic acids is 2. The quantitative estimate of drug-likeness (QED) is 0.505. The maximum Gasteiger partial charge on any atom is 0.144 e. The van der Waals surface area contributed by atoms with Gasteiger partial charge in [-0.25, -0.2) is 0 Å². The fraction of sp³-hybridized carbons (Fsp3) is 0.750. The average molecular weight is 138 g/mol. The van der Waals surface area contributed by atoms with E-state index in [2.05, 4.69) is 0 Å². The summed E-state index contributed by atoms with van der Waals surface area (Å²) in [5.74, 6) is 0.683. The van der Waals surface area contributed by atoms with Crippen LogP contribution in [-0.4, -0.2) is 11.6 Å². The Bertz CT molecular complexity index is 175. The highest BCUT2D eigenvalue weighted by atomic mass is 16.2. The highest BCUT2D eigenvalue weighted by molar-refractivity contribution is 6.09. The van der Waals surface area contributed by atoms with Gasteiger partial charge in [-0.1, -0.05) is 0 Å². The van der Waals surface area contributed by atoms with Gasteiger partial charge in [-0.2, -0.15) is 0 Å². The number of hydrogen-bond donors (Lipinski definition) is 0. The number of carbonyl (C=O) groups is 2. The van der Waals surface area contributed by atoms with Crippen LogP contribution in [0.3, 0.4) is 0 Å². The minimum Gasteiger partial charge on any atom is -0.299 e. The third-order valence-corrected chi connectivity index (χ3v) is 2.40. The second-order valence-electron chi connectivity index (χ2n) is 3.25. The first-order chi connectivity index (χ1) is 4.79. The molecule has 0 saturated heterocycles. The van der Waals surface area contributed by atoms with Crippen LogP contribution >= 0.6 is 0 Å². The van der Waals surface area contributed by atoms with Crippen molar-refractivity contribution in [3.05, 3.63) is 0 Å². The molecule has 2 nitrogen and oxygen atoms in total. The van der Waals surface area contributed by atoms with E-state index in [4.69, 9.17) is 0 Å². The summed E-state index contributed by atoms with van der Waals surface area (Å²) in [6.45, 7) is 0. The molecule has 0 aromatic rings. The van der Waals surface area contributed by atoms with Crippen LogP contribution in [0.4, 0.5) is 0 Å². The minimum atomic E-state index is -0.167. The van der Waals surface area contributed by atoms with Gasteiger partial charge in [0, 0.05) is 12.8 Å². The molecule has 0 amide bonds. The Balaban J connectivity index is 2.15. The highest BCUT2D eigenvalue weighted by Crippen LogP contribution is 2.41. The molecule has 2 aliphatic rings. The van der Waals surface area contributed by atoms with Gasteiger partial charge in [-0.3, -0.25) is 9.59 Å². The molecular weight excluding hydrogens is 128 g/mol. The molecule has 2 rings (SSSR count). The third kappa shape index (κ3) is 0.789. The van der Waals surface area contributed by atoms with E-state index in [-0.39, 0.29) is 17.5 Å². The van der Waals surface area contributed by atoms with E-state index in [0.29, 0.717) is 18.8 Å². The van der Waals surface area contributed by atoms with E-state index < -0.39 is 0 Å². The molecule has 2 heteroatoms. The monoisotopic (exact) mass is 138 g/mol. The summed E-state index contributed by atoms with van der Waals surface area (Å²) in [4.78, 5) is 22.1. The van der Waals surface area contributed by atoms with Crippen molar-refractivity contribution in [2.24, 2.45) is 11.8 Å². The molecule has 2 aliphatic carbocycles. The zero-order chi connectivity index (χ0) is 7.14. The Hall–Kier alpha value is -0.660. The van der Waals surface area contributed by atoms with Gasteiger partial charge in [0.2, 0.25) is 0 Å². The maximum atomic E-state index is 11.0. The van der Waals surface area contributed by atoms with Crippen molar-refractivity contribution in [1.82, 2.24) is 0 Å². The largest absolute Gasteiger partial charge is 0.299 e. The van der Waals surface area contributed by atoms with E-state index in [9.17, 15) is 9.59 Å². The van der Waals surface area contributed by atoms with Gasteiger partial charge in [-0.05, 0) is 18.8 Å². The van der Waals surface area contributed by atoms with Crippen molar-refractivity contribution in [1.29, 1.82) is 0 Å². The van der Waals surface area contributed by atoms with Gasteiger partial charge in [0.25, 0.3) is 0 Å². The summed E-state index contributed by atoms with van der Waals surface area (Å²) >= 11 is 0. The lowest BCUT2D eigenvalue weighted by molar-refractivity contribution is -0.127. The Kier molecular flexibility index (Phi) is 1.16. The first-order valence-corrected chi connectivity index (χ1v) is 3.84. The van der Waals surface area contributed by atoms with E-state index in [0.717, 1.165) is 12.8 Å². The molecule has 0 aliphatic heterocycles. The standard InChI is InChI=1S/C8H10O2/c9-6-3-4-7(10)8(6)5-1-2-5/h5,8H,1-4H2. The van der Waals surface area contributed by atoms with Gasteiger partial charge in [0.1, 0.15) is 11.6 Å². The van der Waals surface area contributed by atoms with E-state index >= 15 is 0 Å². The second-order valence-corrected chi connectivity index (χ2v) is 3.25. The lowest BCUT2D eigenvalue weighted by atomic mass is 10.0. The van der Waals surface area contributed by atoms with Crippen molar-refractivity contribution in [3.8, 4) is 0 Å². The van der Waals surface area contributed by atoms with Crippen molar-refractivity contribution in [2.45, 2.75) is 25.7 Å². The fourth-order valence-electron chi connectivity index (χ4n) is 1.69. The molecule has 2 saturated carbocycles. The molecule has 0 spiro atoms. The lowest BCUT2D eigenvalue weighted by Crippen LogP contribution is -2.15. The molecule has 0 heterocycles. The molecule has 2 fully saturated rings. The summed E-state index contributed by atoms with van der Waals surface area (Å²) in [6, 6.07) is 0. The molecule has 0 radical (unpaired) electrons. The van der Waals surface area contributed by atoms with Crippen molar-refractivity contribution in [3.63, 3.8) is 0 Å². The molecule has 0 aromatic heterocycles. The zero-order valence-electron chi connectivity index (χ0n) is 5.80. The van der Waals surface area contributed by atoms with Crippen LogP contribution in [0.1, 0.15) is 25.7 Å². The van der Waals surface area contributed by atoms with E-state index in [1.807, 2.05) is 0 Å². The topological polar surface area (TPSA) is 34.1 Å². The fourth-order valence-corrected chi connectivity index (χ4v) is 1.69. The molecule has 0 atom stereocenters. The number of hydrogen-bond acceptors (Lipinski definition) is 2. The summed E-state index contributed by atoms with van der Waals surface area (Å²) in [7, 11) is 0. The van der Waals surface area contributed by atoms with Gasteiger partial charge in [0.05, 0.1) is 5.92 Å². The van der Waals surface area contributed by atoms with Crippen LogP contribution in [0, 0.1) is 11.8 Å². The maximum absolute atomic E-state index is 11.0. The SMILES string of the molecule is O=C1CCC(=O)C1C1CC1. The van der Waals surface area contributed by atoms with E-state index in [1.54, 1.807) is 0 Å². The van der Waals surface area contributed by atoms with Crippen LogP contribution < -0.4 is 0 Å². The van der Waals surface area contributed by atoms with Crippen LogP contribution in [0.5, 0.6) is 0 Å². The van der Waals surface area contributed by atoms with Crippen molar-refractivity contribution in [2.75, 3.05) is 0 Å². The van der Waals surface area contributed by atoms with Crippen LogP contribution in [0.15, 0.2) is 0 Å². The summed E-state index contributed by atoms with van der Waals surface area (Å²) in [6.07, 6.45) is 3.23. The predicted octanol–water partition coefficient (Wildman–Crippen LogP) is 0.945. The van der Waals surface area contributed by atoms with Crippen LogP contribution in [-0.2, 0) is 9.59 Å². The van der Waals surface area contributed by atoms with Crippen LogP contribution in [0.2, 0.25) is 0 Å². The minimum absolute atomic E-state index is 0.167. The van der Waals surface area contributed by atoms with Crippen molar-refractivity contribution >= 4 is 11.6 Å². The predicted molar refractivity (Wildman–Crippen MR) is 35.5 cm³/mol. The second kappa shape index (κ2) is 1.91. The molecule has 54 valence electrons. The number of ketones is 2. The Morgan fingerprint density at radius 1 is 1.00 bits per heavy atom. The Morgan fingerprint density at radius 2 is 1.50 bits per heavy atom. The molecular formula is C8H10O2. The summed E-state index contributed by atoms with van der Waals surface area (Å²) in [5.41, 5.74) is 0. The van der Waals surface area contributed by atoms with Gasteiger partial charge in [0.15, 0.2) is 0 Å². The molecule has 0 aromatic carbocycles. The molecule has 0 N–H and O–H groups in total. The number of rotatable bonds is 1. The summed E-state index contributed by atoms with van der Waals surface area (Å²) < 4.78 is 0. The summed E-state index contributed by atoms with van der Waals surface area (Å²) in [5, 5.41) is 0. The first-order valence-electron chi connectivity index (χ1n) is 3.84. The first kappa shape index (κ1) is 6.08. The Labute approximate surface area is 59.6 Å². The molecule has 0 unspecified atom stereocenters. The smallest absolute Gasteiger partial charge is 0.144 e. The molecule has 10 heavy (non-hydrogen) atoms. The molecule has 0 bridgehead atoms. The van der Waals surface area contributed by atoms with Crippen LogP contribution in [0.25, 0.3) is 0 Å². The van der Waals surface area contributed by atoms with Crippen molar-refractivity contribution < 1.29 is 9.59 Å². The third-order valence-electron chi connectivity index (χ3n) is 2.40. The Morgan fingerprint density at radius 3 is 1.90 bits per heavy atom. The van der Waals surface area contributed by atoms with Gasteiger partial charge in [-0.15, -0.1) is 0 Å². The highest BCUT2D eigenvalue weighted by Gasteiger charge is 2.43. The lowest BCUT2D eigenvalue weighted by Gasteiger charge is -2.00. The number of Topliss-reactive ketones (excluding diaryl/α,β-unsaturated/α-hetero) is 2. The van der Waals surface area contributed by atoms with Gasteiger partial charge < -0.3 is 0 Å². The van der Waals surface area contributed by atoms with Gasteiger partial charge >= 0.3 is 0 Å². The van der Waals surface area contributed by atoms with E-state index in [1.165, 1.54) is 0 Å². The normalized spacial score (nSPS) is 28.0. The zero-order valence-corrected chi connectivity index (χ0v) is 5.80. The average Bonchev–Trinajstić information content (AvgIpc) is 2.64.